The molecule has 3 aromatic rings. The third kappa shape index (κ3) is 4.71. The number of nitrogens with one attached hydrogen (secondary N) is 1. The van der Waals surface area contributed by atoms with Gasteiger partial charge in [0.2, 0.25) is 0 Å². The molecular weight excluding hydrogens is 378 g/mol. The number of benzene rings is 2. The molecule has 1 saturated heterocycles. The SMILES string of the molecule is COc1ccc(-c2cc(C(=O)NC[C@H](c3ccccc3)N3CCCCC3)no2)cc1. The number of carbonyl (C=O) groups excluding carboxylic acids is 1. The summed E-state index contributed by atoms with van der Waals surface area (Å²) in [4.78, 5) is 15.2. The maximum atomic E-state index is 12.7. The van der Waals surface area contributed by atoms with E-state index < -0.39 is 0 Å². The van der Waals surface area contributed by atoms with E-state index in [0.29, 0.717) is 12.3 Å². The quantitative estimate of drug-likeness (QED) is 0.635. The zero-order valence-electron chi connectivity index (χ0n) is 17.2. The molecule has 30 heavy (non-hydrogen) atoms. The molecule has 1 aliphatic rings. The number of amides is 1. The minimum absolute atomic E-state index is 0.156. The summed E-state index contributed by atoms with van der Waals surface area (Å²) in [6, 6.07) is 19.7. The Morgan fingerprint density at radius 2 is 1.83 bits per heavy atom. The Labute approximate surface area is 176 Å². The molecule has 0 radical (unpaired) electrons. The fourth-order valence-electron chi connectivity index (χ4n) is 3.92. The third-order valence-electron chi connectivity index (χ3n) is 5.59. The topological polar surface area (TPSA) is 67.6 Å². The average Bonchev–Trinajstić information content (AvgIpc) is 3.31. The number of ether oxygens (including phenoxy) is 1. The van der Waals surface area contributed by atoms with Crippen LogP contribution in [0.1, 0.15) is 41.4 Å². The highest BCUT2D eigenvalue weighted by molar-refractivity contribution is 5.93. The normalized spacial score (nSPS) is 15.5. The number of piperidine rings is 1. The van der Waals surface area contributed by atoms with E-state index in [0.717, 1.165) is 24.4 Å². The number of carbonyl (C=O) groups is 1. The first-order valence-electron chi connectivity index (χ1n) is 10.4. The van der Waals surface area contributed by atoms with Gasteiger partial charge in [0.05, 0.1) is 13.2 Å². The van der Waals surface area contributed by atoms with E-state index in [1.165, 1.54) is 24.8 Å². The first-order valence-corrected chi connectivity index (χ1v) is 10.4. The molecule has 2 aromatic carbocycles. The molecule has 1 aliphatic heterocycles. The molecule has 6 heteroatoms. The highest BCUT2D eigenvalue weighted by Gasteiger charge is 2.23. The molecule has 4 rings (SSSR count). The Kier molecular flexibility index (Phi) is 6.44. The van der Waals surface area contributed by atoms with Gasteiger partial charge in [0.15, 0.2) is 11.5 Å². The van der Waals surface area contributed by atoms with Gasteiger partial charge in [-0.2, -0.15) is 0 Å². The zero-order chi connectivity index (χ0) is 20.8. The molecule has 1 aromatic heterocycles. The van der Waals surface area contributed by atoms with Crippen molar-refractivity contribution in [2.45, 2.75) is 25.3 Å². The van der Waals surface area contributed by atoms with Crippen molar-refractivity contribution in [2.24, 2.45) is 0 Å². The number of rotatable bonds is 7. The number of aromatic nitrogens is 1. The van der Waals surface area contributed by atoms with E-state index in [2.05, 4.69) is 27.5 Å². The van der Waals surface area contributed by atoms with Gasteiger partial charge < -0.3 is 14.6 Å². The second-order valence-electron chi connectivity index (χ2n) is 7.54. The molecule has 0 bridgehead atoms. The Hall–Kier alpha value is -3.12. The van der Waals surface area contributed by atoms with Crippen molar-refractivity contribution in [1.29, 1.82) is 0 Å². The maximum absolute atomic E-state index is 12.7. The predicted octanol–water partition coefficient (Wildman–Crippen LogP) is 4.31. The molecule has 6 nitrogen and oxygen atoms in total. The molecule has 0 aliphatic carbocycles. The first-order chi connectivity index (χ1) is 14.7. The number of methoxy groups -OCH3 is 1. The average molecular weight is 405 g/mol. The highest BCUT2D eigenvalue weighted by Crippen LogP contribution is 2.25. The second kappa shape index (κ2) is 9.59. The molecular formula is C24H27N3O3. The zero-order valence-corrected chi connectivity index (χ0v) is 17.2. The van der Waals surface area contributed by atoms with Crippen molar-refractivity contribution in [1.82, 2.24) is 15.4 Å². The van der Waals surface area contributed by atoms with Gasteiger partial charge in [-0.25, -0.2) is 0 Å². The van der Waals surface area contributed by atoms with Crippen LogP contribution in [0.2, 0.25) is 0 Å². The van der Waals surface area contributed by atoms with Crippen LogP contribution < -0.4 is 10.1 Å². The number of nitrogens with zero attached hydrogens (tertiary/aromatic N) is 2. The van der Waals surface area contributed by atoms with Gasteiger partial charge in [-0.3, -0.25) is 9.69 Å². The largest absolute Gasteiger partial charge is 0.497 e. The summed E-state index contributed by atoms with van der Waals surface area (Å²) < 4.78 is 10.6. The van der Waals surface area contributed by atoms with Gasteiger partial charge in [0, 0.05) is 18.2 Å². The van der Waals surface area contributed by atoms with Gasteiger partial charge >= 0.3 is 0 Å². The van der Waals surface area contributed by atoms with Crippen molar-refractivity contribution >= 4 is 5.91 Å². The van der Waals surface area contributed by atoms with Gasteiger partial charge in [-0.05, 0) is 55.8 Å². The van der Waals surface area contributed by atoms with Crippen LogP contribution in [0.5, 0.6) is 5.75 Å². The summed E-state index contributed by atoms with van der Waals surface area (Å²) in [7, 11) is 1.62. The van der Waals surface area contributed by atoms with Crippen LogP contribution in [0.3, 0.4) is 0 Å². The molecule has 0 spiro atoms. The lowest BCUT2D eigenvalue weighted by Crippen LogP contribution is -2.40. The van der Waals surface area contributed by atoms with Gasteiger partial charge in [-0.15, -0.1) is 0 Å². The minimum Gasteiger partial charge on any atom is -0.497 e. The Balaban J connectivity index is 1.43. The lowest BCUT2D eigenvalue weighted by Gasteiger charge is -2.35. The number of hydrogen-bond donors (Lipinski definition) is 1. The van der Waals surface area contributed by atoms with E-state index in [4.69, 9.17) is 9.26 Å². The van der Waals surface area contributed by atoms with E-state index in [9.17, 15) is 4.79 Å². The van der Waals surface area contributed by atoms with Gasteiger partial charge in [-0.1, -0.05) is 41.9 Å². The summed E-state index contributed by atoms with van der Waals surface area (Å²) >= 11 is 0. The Morgan fingerprint density at radius 3 is 2.53 bits per heavy atom. The fraction of sp³-hybridized carbons (Fsp3) is 0.333. The van der Waals surface area contributed by atoms with Crippen LogP contribution in [-0.4, -0.2) is 42.7 Å². The van der Waals surface area contributed by atoms with Crippen LogP contribution in [-0.2, 0) is 0 Å². The maximum Gasteiger partial charge on any atom is 0.273 e. The third-order valence-corrected chi connectivity index (χ3v) is 5.59. The van der Waals surface area contributed by atoms with Gasteiger partial charge in [0.1, 0.15) is 5.75 Å². The smallest absolute Gasteiger partial charge is 0.273 e. The first kappa shape index (κ1) is 20.2. The second-order valence-corrected chi connectivity index (χ2v) is 7.54. The lowest BCUT2D eigenvalue weighted by molar-refractivity contribution is 0.0915. The summed E-state index contributed by atoms with van der Waals surface area (Å²) in [6.45, 7) is 2.65. The van der Waals surface area contributed by atoms with Crippen molar-refractivity contribution in [3.63, 3.8) is 0 Å². The number of likely N-dealkylation sites (tertiary alicyclic amines) is 1. The van der Waals surface area contributed by atoms with Gasteiger partial charge in [0.25, 0.3) is 5.91 Å². The molecule has 1 fully saturated rings. The summed E-state index contributed by atoms with van der Waals surface area (Å²) in [6.07, 6.45) is 3.68. The van der Waals surface area contributed by atoms with Crippen molar-refractivity contribution in [2.75, 3.05) is 26.7 Å². The Bertz CT molecular complexity index is 947. The van der Waals surface area contributed by atoms with Crippen LogP contribution >= 0.6 is 0 Å². The molecule has 1 amide bonds. The van der Waals surface area contributed by atoms with Crippen LogP contribution in [0.15, 0.2) is 65.2 Å². The molecule has 1 N–H and O–H groups in total. The van der Waals surface area contributed by atoms with Crippen LogP contribution in [0.25, 0.3) is 11.3 Å². The summed E-state index contributed by atoms with van der Waals surface area (Å²) in [5, 5.41) is 7.02. The standard InChI is InChI=1S/C24H27N3O3/c1-29-20-12-10-19(11-13-20)23-16-21(26-30-23)24(28)25-17-22(18-8-4-2-5-9-18)27-14-6-3-7-15-27/h2,4-5,8-13,16,22H,3,6-7,14-15,17H2,1H3,(H,25,28)/t22-/m1/s1. The minimum atomic E-state index is -0.226. The highest BCUT2D eigenvalue weighted by atomic mass is 16.5. The predicted molar refractivity (Wildman–Crippen MR) is 115 cm³/mol. The number of hydrogen-bond acceptors (Lipinski definition) is 5. The molecule has 1 atom stereocenters. The van der Waals surface area contributed by atoms with Crippen LogP contribution in [0, 0.1) is 0 Å². The van der Waals surface area contributed by atoms with E-state index in [1.54, 1.807) is 13.2 Å². The lowest BCUT2D eigenvalue weighted by atomic mass is 10.0. The fourth-order valence-corrected chi connectivity index (χ4v) is 3.92. The molecule has 2 heterocycles. The Morgan fingerprint density at radius 1 is 1.10 bits per heavy atom. The van der Waals surface area contributed by atoms with Crippen molar-refractivity contribution in [3.8, 4) is 17.1 Å². The van der Waals surface area contributed by atoms with E-state index >= 15 is 0 Å². The summed E-state index contributed by atoms with van der Waals surface area (Å²) in [5.41, 5.74) is 2.35. The molecule has 156 valence electrons. The van der Waals surface area contributed by atoms with Crippen molar-refractivity contribution < 1.29 is 14.1 Å². The molecule has 0 saturated carbocycles. The van der Waals surface area contributed by atoms with Crippen LogP contribution in [0.4, 0.5) is 0 Å². The van der Waals surface area contributed by atoms with Crippen molar-refractivity contribution in [3.05, 3.63) is 71.9 Å². The van der Waals surface area contributed by atoms with E-state index in [1.807, 2.05) is 42.5 Å². The van der Waals surface area contributed by atoms with E-state index in [-0.39, 0.29) is 17.6 Å². The summed E-state index contributed by atoms with van der Waals surface area (Å²) in [5.74, 6) is 1.09. The molecule has 0 unspecified atom stereocenters. The monoisotopic (exact) mass is 405 g/mol.